The number of nitrogens with one attached hydrogen (secondary N) is 1. The third-order valence-electron chi connectivity index (χ3n) is 3.98. The first-order valence-corrected chi connectivity index (χ1v) is 9.02. The molecule has 1 aliphatic heterocycles. The highest BCUT2D eigenvalue weighted by Gasteiger charge is 2.18. The van der Waals surface area contributed by atoms with E-state index in [4.69, 9.17) is 21.1 Å². The second-order valence-corrected chi connectivity index (χ2v) is 6.88. The van der Waals surface area contributed by atoms with Gasteiger partial charge in [-0.15, -0.1) is 0 Å². The van der Waals surface area contributed by atoms with Crippen LogP contribution in [-0.2, 0) is 4.74 Å². The van der Waals surface area contributed by atoms with Gasteiger partial charge >= 0.3 is 0 Å². The number of benzene rings is 2. The van der Waals surface area contributed by atoms with Gasteiger partial charge in [0.25, 0.3) is 5.91 Å². The molecule has 3 rings (SSSR count). The molecule has 0 aromatic heterocycles. The molecule has 0 aliphatic carbocycles. The normalized spacial score (nSPS) is 14.3. The van der Waals surface area contributed by atoms with Crippen molar-refractivity contribution < 1.29 is 14.3 Å². The molecule has 2 aromatic rings. The van der Waals surface area contributed by atoms with Crippen LogP contribution in [-0.4, -0.2) is 39.3 Å². The van der Waals surface area contributed by atoms with Crippen LogP contribution >= 0.6 is 27.5 Å². The number of morpholine rings is 1. The topological polar surface area (TPSA) is 50.8 Å². The number of amides is 1. The molecule has 0 atom stereocenters. The Morgan fingerprint density at radius 3 is 2.72 bits per heavy atom. The van der Waals surface area contributed by atoms with Gasteiger partial charge in [-0.2, -0.15) is 0 Å². The fourth-order valence-corrected chi connectivity index (χ4v) is 3.25. The summed E-state index contributed by atoms with van der Waals surface area (Å²) in [6, 6.07) is 10.8. The van der Waals surface area contributed by atoms with Gasteiger partial charge in [0.05, 0.1) is 42.3 Å². The molecule has 1 amide bonds. The summed E-state index contributed by atoms with van der Waals surface area (Å²) < 4.78 is 11.5. The Hall–Kier alpha value is -1.76. The molecule has 1 N–H and O–H groups in total. The smallest absolute Gasteiger partial charge is 0.257 e. The largest absolute Gasteiger partial charge is 0.497 e. The number of carbonyl (C=O) groups excluding carboxylic acids is 1. The van der Waals surface area contributed by atoms with Crippen LogP contribution in [0, 0.1) is 0 Å². The summed E-state index contributed by atoms with van der Waals surface area (Å²) in [6.45, 7) is 2.87. The van der Waals surface area contributed by atoms with E-state index in [1.165, 1.54) is 0 Å². The Balaban J connectivity index is 1.91. The molecule has 25 heavy (non-hydrogen) atoms. The lowest BCUT2D eigenvalue weighted by Crippen LogP contribution is -2.36. The molecule has 0 saturated carbocycles. The Morgan fingerprint density at radius 2 is 2.00 bits per heavy atom. The number of carbonyl (C=O) groups is 1. The van der Waals surface area contributed by atoms with Crippen molar-refractivity contribution in [1.82, 2.24) is 0 Å². The maximum absolute atomic E-state index is 12.7. The van der Waals surface area contributed by atoms with E-state index in [0.717, 1.165) is 23.2 Å². The summed E-state index contributed by atoms with van der Waals surface area (Å²) in [5, 5.41) is 3.36. The zero-order valence-corrected chi connectivity index (χ0v) is 16.1. The van der Waals surface area contributed by atoms with Gasteiger partial charge in [-0.1, -0.05) is 27.5 Å². The molecule has 5 nitrogen and oxygen atoms in total. The average molecular weight is 426 g/mol. The van der Waals surface area contributed by atoms with Crippen LogP contribution in [0.2, 0.25) is 5.02 Å². The average Bonchev–Trinajstić information content (AvgIpc) is 2.64. The van der Waals surface area contributed by atoms with E-state index in [1.807, 2.05) is 18.2 Å². The lowest BCUT2D eigenvalue weighted by Gasteiger charge is -2.30. The summed E-state index contributed by atoms with van der Waals surface area (Å²) in [7, 11) is 1.60. The Morgan fingerprint density at radius 1 is 1.24 bits per heavy atom. The summed E-state index contributed by atoms with van der Waals surface area (Å²) in [5.74, 6) is 0.404. The first kappa shape index (κ1) is 18.0. The van der Waals surface area contributed by atoms with E-state index in [-0.39, 0.29) is 5.91 Å². The summed E-state index contributed by atoms with van der Waals surface area (Å²) in [5.41, 5.74) is 2.03. The van der Waals surface area contributed by atoms with Crippen LogP contribution in [0.4, 0.5) is 11.4 Å². The van der Waals surface area contributed by atoms with Crippen molar-refractivity contribution in [3.8, 4) is 5.75 Å². The molecular weight excluding hydrogens is 408 g/mol. The molecule has 0 bridgehead atoms. The van der Waals surface area contributed by atoms with Gasteiger partial charge < -0.3 is 19.7 Å². The minimum atomic E-state index is -0.269. The van der Waals surface area contributed by atoms with Crippen molar-refractivity contribution in [3.63, 3.8) is 0 Å². The zero-order valence-electron chi connectivity index (χ0n) is 13.7. The fraction of sp³-hybridized carbons (Fsp3) is 0.278. The summed E-state index contributed by atoms with van der Waals surface area (Å²) in [6.07, 6.45) is 0. The van der Waals surface area contributed by atoms with Gasteiger partial charge in [0.2, 0.25) is 0 Å². The maximum Gasteiger partial charge on any atom is 0.257 e. The Kier molecular flexibility index (Phi) is 5.83. The molecule has 1 aliphatic rings. The summed E-state index contributed by atoms with van der Waals surface area (Å²) >= 11 is 9.54. The van der Waals surface area contributed by atoms with Gasteiger partial charge in [0.1, 0.15) is 5.75 Å². The molecular formula is C18H18BrClN2O3. The third kappa shape index (κ3) is 4.26. The van der Waals surface area contributed by atoms with Crippen molar-refractivity contribution in [2.24, 2.45) is 0 Å². The second kappa shape index (κ2) is 8.08. The second-order valence-electron chi connectivity index (χ2n) is 5.56. The highest BCUT2D eigenvalue weighted by molar-refractivity contribution is 9.10. The maximum atomic E-state index is 12.7. The number of methoxy groups -OCH3 is 1. The molecule has 1 fully saturated rings. The first-order valence-electron chi connectivity index (χ1n) is 7.85. The van der Waals surface area contributed by atoms with Crippen molar-refractivity contribution in [2.45, 2.75) is 0 Å². The minimum absolute atomic E-state index is 0.269. The number of hydrogen-bond acceptors (Lipinski definition) is 4. The fourth-order valence-electron chi connectivity index (χ4n) is 2.68. The SMILES string of the molecule is COc1ccc(N2CCOCC2)c(NC(=O)c2cc(Br)ccc2Cl)c1. The van der Waals surface area contributed by atoms with Gasteiger partial charge in [-0.3, -0.25) is 4.79 Å². The van der Waals surface area contributed by atoms with E-state index in [2.05, 4.69) is 26.1 Å². The molecule has 1 saturated heterocycles. The van der Waals surface area contributed by atoms with Crippen LogP contribution in [0.3, 0.4) is 0 Å². The van der Waals surface area contributed by atoms with Crippen molar-refractivity contribution in [1.29, 1.82) is 0 Å². The first-order chi connectivity index (χ1) is 12.1. The van der Waals surface area contributed by atoms with Crippen molar-refractivity contribution in [3.05, 3.63) is 51.5 Å². The minimum Gasteiger partial charge on any atom is -0.497 e. The zero-order chi connectivity index (χ0) is 17.8. The van der Waals surface area contributed by atoms with Crippen LogP contribution in [0.25, 0.3) is 0 Å². The number of ether oxygens (including phenoxy) is 2. The quantitative estimate of drug-likeness (QED) is 0.798. The predicted molar refractivity (Wildman–Crippen MR) is 103 cm³/mol. The molecule has 132 valence electrons. The van der Waals surface area contributed by atoms with Crippen LogP contribution in [0.1, 0.15) is 10.4 Å². The molecule has 2 aromatic carbocycles. The van der Waals surface area contributed by atoms with E-state index in [9.17, 15) is 4.79 Å². The predicted octanol–water partition coefficient (Wildman–Crippen LogP) is 4.20. The van der Waals surface area contributed by atoms with E-state index < -0.39 is 0 Å². The van der Waals surface area contributed by atoms with Crippen LogP contribution in [0.15, 0.2) is 40.9 Å². The molecule has 0 radical (unpaired) electrons. The number of rotatable bonds is 4. The van der Waals surface area contributed by atoms with Crippen molar-refractivity contribution >= 4 is 44.8 Å². The van der Waals surface area contributed by atoms with Gasteiger partial charge in [0, 0.05) is 23.6 Å². The highest BCUT2D eigenvalue weighted by atomic mass is 79.9. The Labute approximate surface area is 160 Å². The molecule has 0 spiro atoms. The van der Waals surface area contributed by atoms with Crippen LogP contribution < -0.4 is 15.0 Å². The lowest BCUT2D eigenvalue weighted by atomic mass is 10.1. The van der Waals surface area contributed by atoms with E-state index in [0.29, 0.717) is 35.2 Å². The van der Waals surface area contributed by atoms with Gasteiger partial charge in [0.15, 0.2) is 0 Å². The number of anilines is 2. The number of halogens is 2. The number of nitrogens with zero attached hydrogens (tertiary/aromatic N) is 1. The van der Waals surface area contributed by atoms with E-state index >= 15 is 0 Å². The van der Waals surface area contributed by atoms with Crippen LogP contribution in [0.5, 0.6) is 5.75 Å². The summed E-state index contributed by atoms with van der Waals surface area (Å²) in [4.78, 5) is 14.9. The highest BCUT2D eigenvalue weighted by Crippen LogP contribution is 2.32. The monoisotopic (exact) mass is 424 g/mol. The third-order valence-corrected chi connectivity index (χ3v) is 4.80. The number of hydrogen-bond donors (Lipinski definition) is 1. The van der Waals surface area contributed by atoms with Crippen molar-refractivity contribution in [2.75, 3.05) is 43.6 Å². The Bertz CT molecular complexity index is 779. The van der Waals surface area contributed by atoms with Gasteiger partial charge in [-0.05, 0) is 30.3 Å². The van der Waals surface area contributed by atoms with E-state index in [1.54, 1.807) is 25.3 Å². The lowest BCUT2D eigenvalue weighted by molar-refractivity contribution is 0.102. The van der Waals surface area contributed by atoms with Gasteiger partial charge in [-0.25, -0.2) is 0 Å². The molecule has 7 heteroatoms. The standard InChI is InChI=1S/C18H18BrClN2O3/c1-24-13-3-5-17(22-6-8-25-9-7-22)16(11-13)21-18(23)14-10-12(19)2-4-15(14)20/h2-5,10-11H,6-9H2,1H3,(H,21,23). The molecule has 0 unspecified atom stereocenters. The molecule has 1 heterocycles.